The molecule has 1 amide bonds. The van der Waals surface area contributed by atoms with Gasteiger partial charge in [-0.3, -0.25) is 9.78 Å². The first-order chi connectivity index (χ1) is 10.9. The first kappa shape index (κ1) is 17.1. The van der Waals surface area contributed by atoms with Crippen LogP contribution in [0.15, 0.2) is 35.1 Å². The van der Waals surface area contributed by atoms with E-state index in [4.69, 9.17) is 4.74 Å². The largest absolute Gasteiger partial charge is 0.452 e. The van der Waals surface area contributed by atoms with E-state index < -0.39 is 5.97 Å². The van der Waals surface area contributed by atoms with Gasteiger partial charge in [-0.2, -0.15) is 0 Å². The minimum atomic E-state index is -0.591. The van der Waals surface area contributed by atoms with Gasteiger partial charge >= 0.3 is 5.97 Å². The highest BCUT2D eigenvalue weighted by atomic mass is 79.9. The second-order valence-corrected chi connectivity index (χ2v) is 6.21. The molecule has 0 aliphatic rings. The minimum Gasteiger partial charge on any atom is -0.452 e. The van der Waals surface area contributed by atoms with Crippen LogP contribution < -0.4 is 5.32 Å². The van der Waals surface area contributed by atoms with Gasteiger partial charge in [-0.15, -0.1) is 0 Å². The number of anilines is 1. The zero-order chi connectivity index (χ0) is 17.0. The van der Waals surface area contributed by atoms with Crippen LogP contribution in [0, 0.1) is 20.8 Å². The molecule has 0 unspecified atom stereocenters. The summed E-state index contributed by atoms with van der Waals surface area (Å²) >= 11 is 3.23. The van der Waals surface area contributed by atoms with Gasteiger partial charge in [0.25, 0.3) is 5.91 Å². The predicted octanol–water partition coefficient (Wildman–Crippen LogP) is 3.56. The second-order valence-electron chi connectivity index (χ2n) is 5.29. The van der Waals surface area contributed by atoms with E-state index in [-0.39, 0.29) is 18.1 Å². The molecule has 0 aliphatic carbocycles. The van der Waals surface area contributed by atoms with Gasteiger partial charge in [0.15, 0.2) is 6.61 Å². The molecule has 2 aromatic rings. The number of amides is 1. The summed E-state index contributed by atoms with van der Waals surface area (Å²) < 4.78 is 5.68. The molecule has 1 aromatic heterocycles. The predicted molar refractivity (Wildman–Crippen MR) is 91.5 cm³/mol. The number of hydrogen-bond acceptors (Lipinski definition) is 4. The summed E-state index contributed by atoms with van der Waals surface area (Å²) in [6.45, 7) is 5.50. The van der Waals surface area contributed by atoms with Crippen LogP contribution in [0.1, 0.15) is 27.0 Å². The summed E-state index contributed by atoms with van der Waals surface area (Å²) in [6.07, 6.45) is 2.95. The van der Waals surface area contributed by atoms with Crippen LogP contribution in [0.4, 0.5) is 5.69 Å². The number of carbonyl (C=O) groups is 2. The topological polar surface area (TPSA) is 68.3 Å². The van der Waals surface area contributed by atoms with Gasteiger partial charge < -0.3 is 10.1 Å². The highest BCUT2D eigenvalue weighted by molar-refractivity contribution is 9.10. The van der Waals surface area contributed by atoms with Crippen LogP contribution in [0.25, 0.3) is 0 Å². The number of ether oxygens (including phenoxy) is 1. The Hall–Kier alpha value is -2.21. The smallest absolute Gasteiger partial charge is 0.340 e. The first-order valence-corrected chi connectivity index (χ1v) is 7.81. The molecule has 6 heteroatoms. The normalized spacial score (nSPS) is 10.3. The molecule has 1 N–H and O–H groups in total. The van der Waals surface area contributed by atoms with Crippen molar-refractivity contribution in [2.75, 3.05) is 11.9 Å². The van der Waals surface area contributed by atoms with Gasteiger partial charge in [-0.1, -0.05) is 17.7 Å². The second kappa shape index (κ2) is 7.37. The Kier molecular flexibility index (Phi) is 5.50. The number of hydrogen-bond donors (Lipinski definition) is 1. The van der Waals surface area contributed by atoms with Crippen molar-refractivity contribution in [2.24, 2.45) is 0 Å². The lowest BCUT2D eigenvalue weighted by Gasteiger charge is -2.13. The van der Waals surface area contributed by atoms with Gasteiger partial charge in [0.2, 0.25) is 0 Å². The van der Waals surface area contributed by atoms with Gasteiger partial charge in [-0.25, -0.2) is 4.79 Å². The van der Waals surface area contributed by atoms with Crippen molar-refractivity contribution in [1.29, 1.82) is 0 Å². The van der Waals surface area contributed by atoms with Crippen molar-refractivity contribution >= 4 is 33.5 Å². The summed E-state index contributed by atoms with van der Waals surface area (Å²) in [6, 6.07) is 5.56. The molecular weight excluding hydrogens is 360 g/mol. The molecule has 120 valence electrons. The van der Waals surface area contributed by atoms with Crippen LogP contribution >= 0.6 is 15.9 Å². The zero-order valence-corrected chi connectivity index (χ0v) is 14.7. The monoisotopic (exact) mass is 376 g/mol. The van der Waals surface area contributed by atoms with E-state index >= 15 is 0 Å². The Bertz CT molecular complexity index is 736. The van der Waals surface area contributed by atoms with Gasteiger partial charge in [0.1, 0.15) is 0 Å². The standard InChI is InChI=1S/C17H17BrN2O3/c1-10-4-11(2)16(12(3)5-10)20-15(21)9-23-17(22)13-6-14(18)8-19-7-13/h4-8H,9H2,1-3H3,(H,20,21). The number of benzene rings is 1. The molecule has 0 bridgehead atoms. The van der Waals surface area contributed by atoms with E-state index in [0.29, 0.717) is 4.47 Å². The lowest BCUT2D eigenvalue weighted by Crippen LogP contribution is -2.22. The van der Waals surface area contributed by atoms with E-state index in [1.807, 2.05) is 32.9 Å². The molecule has 0 radical (unpaired) electrons. The van der Waals surface area contributed by atoms with E-state index in [1.165, 1.54) is 6.20 Å². The molecule has 0 saturated heterocycles. The Morgan fingerprint density at radius 1 is 1.13 bits per heavy atom. The molecule has 0 spiro atoms. The Labute approximate surface area is 143 Å². The van der Waals surface area contributed by atoms with Crippen LogP contribution in [0.2, 0.25) is 0 Å². The number of nitrogens with one attached hydrogen (secondary N) is 1. The van der Waals surface area contributed by atoms with Crippen LogP contribution in [-0.4, -0.2) is 23.5 Å². The third-order valence-electron chi connectivity index (χ3n) is 3.22. The van der Waals surface area contributed by atoms with Crippen LogP contribution in [-0.2, 0) is 9.53 Å². The summed E-state index contributed by atoms with van der Waals surface area (Å²) in [7, 11) is 0. The summed E-state index contributed by atoms with van der Waals surface area (Å²) in [4.78, 5) is 27.7. The van der Waals surface area contributed by atoms with Crippen molar-refractivity contribution in [3.05, 3.63) is 57.3 Å². The third kappa shape index (κ3) is 4.63. The average Bonchev–Trinajstić information content (AvgIpc) is 2.48. The fourth-order valence-electron chi connectivity index (χ4n) is 2.29. The highest BCUT2D eigenvalue weighted by Gasteiger charge is 2.13. The van der Waals surface area contributed by atoms with Gasteiger partial charge in [0, 0.05) is 22.6 Å². The van der Waals surface area contributed by atoms with Gasteiger partial charge in [-0.05, 0) is 53.9 Å². The Balaban J connectivity index is 1.97. The number of nitrogens with zero attached hydrogens (tertiary/aromatic N) is 1. The minimum absolute atomic E-state index is 0.287. The number of pyridine rings is 1. The number of carbonyl (C=O) groups excluding carboxylic acids is 2. The number of esters is 1. The molecule has 1 aromatic carbocycles. The molecule has 1 heterocycles. The molecule has 0 atom stereocenters. The summed E-state index contributed by atoms with van der Waals surface area (Å²) in [5.41, 5.74) is 4.11. The number of aromatic nitrogens is 1. The van der Waals surface area contributed by atoms with E-state index in [9.17, 15) is 9.59 Å². The summed E-state index contributed by atoms with van der Waals surface area (Å²) in [5.74, 6) is -0.970. The fraction of sp³-hybridized carbons (Fsp3) is 0.235. The number of rotatable bonds is 4. The lowest BCUT2D eigenvalue weighted by molar-refractivity contribution is -0.119. The van der Waals surface area contributed by atoms with Gasteiger partial charge in [0.05, 0.1) is 5.56 Å². The van der Waals surface area contributed by atoms with Crippen LogP contribution in [0.3, 0.4) is 0 Å². The molecular formula is C17H17BrN2O3. The van der Waals surface area contributed by atoms with Crippen molar-refractivity contribution in [1.82, 2.24) is 4.98 Å². The molecule has 0 fully saturated rings. The molecule has 5 nitrogen and oxygen atoms in total. The van der Waals surface area contributed by atoms with E-state index in [1.54, 1.807) is 12.3 Å². The van der Waals surface area contributed by atoms with E-state index in [2.05, 4.69) is 26.2 Å². The van der Waals surface area contributed by atoms with Crippen LogP contribution in [0.5, 0.6) is 0 Å². The number of aryl methyl sites for hydroxylation is 3. The van der Waals surface area contributed by atoms with Crippen molar-refractivity contribution in [2.45, 2.75) is 20.8 Å². The zero-order valence-electron chi connectivity index (χ0n) is 13.1. The fourth-order valence-corrected chi connectivity index (χ4v) is 2.66. The SMILES string of the molecule is Cc1cc(C)c(NC(=O)COC(=O)c2cncc(Br)c2)c(C)c1. The average molecular weight is 377 g/mol. The maximum absolute atomic E-state index is 12.0. The maximum Gasteiger partial charge on any atom is 0.340 e. The quantitative estimate of drug-likeness (QED) is 0.828. The molecule has 0 aliphatic heterocycles. The van der Waals surface area contributed by atoms with Crippen molar-refractivity contribution < 1.29 is 14.3 Å². The first-order valence-electron chi connectivity index (χ1n) is 7.02. The lowest BCUT2D eigenvalue weighted by atomic mass is 10.1. The Morgan fingerprint density at radius 3 is 2.39 bits per heavy atom. The Morgan fingerprint density at radius 2 is 1.78 bits per heavy atom. The van der Waals surface area contributed by atoms with Crippen molar-refractivity contribution in [3.63, 3.8) is 0 Å². The highest BCUT2D eigenvalue weighted by Crippen LogP contribution is 2.21. The van der Waals surface area contributed by atoms with E-state index in [0.717, 1.165) is 22.4 Å². The third-order valence-corrected chi connectivity index (χ3v) is 3.65. The number of halogens is 1. The molecule has 0 saturated carbocycles. The maximum atomic E-state index is 12.0. The summed E-state index contributed by atoms with van der Waals surface area (Å²) in [5, 5.41) is 2.78. The van der Waals surface area contributed by atoms with Crippen molar-refractivity contribution in [3.8, 4) is 0 Å². The molecule has 2 rings (SSSR count). The molecule has 23 heavy (non-hydrogen) atoms.